The van der Waals surface area contributed by atoms with Gasteiger partial charge in [-0.25, -0.2) is 4.98 Å². The normalized spacial score (nSPS) is 24.3. The molecular formula is C18H20N2O3. The highest BCUT2D eigenvalue weighted by Crippen LogP contribution is 2.41. The Bertz CT molecular complexity index is 716. The first kappa shape index (κ1) is 14.3. The Hall–Kier alpha value is -2.30. The molecule has 5 nitrogen and oxygen atoms in total. The minimum absolute atomic E-state index is 0.0567. The molecule has 23 heavy (non-hydrogen) atoms. The van der Waals surface area contributed by atoms with Gasteiger partial charge in [-0.15, -0.1) is 0 Å². The summed E-state index contributed by atoms with van der Waals surface area (Å²) < 4.78 is 10.7. The van der Waals surface area contributed by atoms with E-state index in [9.17, 15) is 4.79 Å². The van der Waals surface area contributed by atoms with Crippen LogP contribution < -0.4 is 0 Å². The number of furan rings is 1. The first-order valence-electron chi connectivity index (χ1n) is 8.19. The van der Waals surface area contributed by atoms with Crippen LogP contribution in [-0.2, 0) is 0 Å². The molecule has 1 aliphatic heterocycles. The molecule has 0 N–H and O–H groups in total. The number of hydrogen-bond acceptors (Lipinski definition) is 4. The Morgan fingerprint density at radius 2 is 2.22 bits per heavy atom. The lowest BCUT2D eigenvalue weighted by molar-refractivity contribution is 0.0480. The van der Waals surface area contributed by atoms with E-state index >= 15 is 0 Å². The zero-order valence-electron chi connectivity index (χ0n) is 13.0. The van der Waals surface area contributed by atoms with E-state index in [1.165, 1.54) is 12.8 Å². The second-order valence-corrected chi connectivity index (χ2v) is 6.55. The quantitative estimate of drug-likeness (QED) is 0.789. The molecule has 2 aliphatic rings. The van der Waals surface area contributed by atoms with Crippen LogP contribution in [0.3, 0.4) is 0 Å². The van der Waals surface area contributed by atoms with Crippen LogP contribution in [0.5, 0.6) is 0 Å². The molecular weight excluding hydrogens is 292 g/mol. The molecule has 1 unspecified atom stereocenters. The predicted molar refractivity (Wildman–Crippen MR) is 84.8 cm³/mol. The third kappa shape index (κ3) is 2.60. The number of rotatable bonds is 2. The maximum absolute atomic E-state index is 12.9. The molecule has 1 atom stereocenters. The number of aromatic nitrogens is 1. The van der Waals surface area contributed by atoms with Gasteiger partial charge in [-0.2, -0.15) is 0 Å². The van der Waals surface area contributed by atoms with Crippen molar-refractivity contribution >= 4 is 5.91 Å². The summed E-state index contributed by atoms with van der Waals surface area (Å²) in [5.41, 5.74) is 0.598. The van der Waals surface area contributed by atoms with E-state index < -0.39 is 0 Å². The van der Waals surface area contributed by atoms with Crippen LogP contribution in [0, 0.1) is 5.41 Å². The molecule has 2 aromatic heterocycles. The van der Waals surface area contributed by atoms with Crippen LogP contribution in [0.2, 0.25) is 0 Å². The fourth-order valence-corrected chi connectivity index (χ4v) is 3.83. The minimum Gasteiger partial charge on any atom is -0.461 e. The van der Waals surface area contributed by atoms with Gasteiger partial charge >= 0.3 is 0 Å². The summed E-state index contributed by atoms with van der Waals surface area (Å²) >= 11 is 0. The van der Waals surface area contributed by atoms with Gasteiger partial charge in [0.1, 0.15) is 0 Å². The van der Waals surface area contributed by atoms with Crippen molar-refractivity contribution in [3.05, 3.63) is 42.6 Å². The summed E-state index contributed by atoms with van der Waals surface area (Å²) in [5, 5.41) is 0. The minimum atomic E-state index is -0.0567. The molecule has 4 rings (SSSR count). The second-order valence-electron chi connectivity index (χ2n) is 6.55. The molecule has 0 aromatic carbocycles. The van der Waals surface area contributed by atoms with Crippen molar-refractivity contribution in [3.63, 3.8) is 0 Å². The summed E-state index contributed by atoms with van der Waals surface area (Å²) in [6, 6.07) is 3.55. The number of piperidine rings is 1. The third-order valence-electron chi connectivity index (χ3n) is 5.02. The van der Waals surface area contributed by atoms with Crippen molar-refractivity contribution in [3.8, 4) is 11.5 Å². The Labute approximate surface area is 135 Å². The molecule has 3 heterocycles. The lowest BCUT2D eigenvalue weighted by atomic mass is 9.71. The van der Waals surface area contributed by atoms with Gasteiger partial charge in [0.2, 0.25) is 5.76 Å². The zero-order valence-corrected chi connectivity index (χ0v) is 13.0. The highest BCUT2D eigenvalue weighted by Gasteiger charge is 2.38. The number of oxazole rings is 1. The molecule has 1 saturated heterocycles. The maximum Gasteiger partial charge on any atom is 0.276 e. The molecule has 1 fully saturated rings. The van der Waals surface area contributed by atoms with Gasteiger partial charge in [-0.1, -0.05) is 12.2 Å². The van der Waals surface area contributed by atoms with Gasteiger partial charge in [-0.05, 0) is 49.7 Å². The van der Waals surface area contributed by atoms with Gasteiger partial charge in [-0.3, -0.25) is 4.79 Å². The van der Waals surface area contributed by atoms with Crippen LogP contribution in [-0.4, -0.2) is 28.9 Å². The monoisotopic (exact) mass is 312 g/mol. The van der Waals surface area contributed by atoms with Crippen LogP contribution in [0.1, 0.15) is 42.6 Å². The fraction of sp³-hybridized carbons (Fsp3) is 0.444. The molecule has 2 aromatic rings. The van der Waals surface area contributed by atoms with Crippen LogP contribution in [0.4, 0.5) is 0 Å². The lowest BCUT2D eigenvalue weighted by Crippen LogP contribution is -2.46. The van der Waals surface area contributed by atoms with E-state index in [4.69, 9.17) is 8.83 Å². The first-order chi connectivity index (χ1) is 11.3. The van der Waals surface area contributed by atoms with Crippen molar-refractivity contribution < 1.29 is 13.6 Å². The molecule has 120 valence electrons. The summed E-state index contributed by atoms with van der Waals surface area (Å²) in [6.07, 6.45) is 13.0. The van der Waals surface area contributed by atoms with E-state index in [0.29, 0.717) is 17.2 Å². The Kier molecular flexibility index (Phi) is 3.56. The van der Waals surface area contributed by atoms with Crippen LogP contribution in [0.15, 0.2) is 45.8 Å². The predicted octanol–water partition coefficient (Wildman–Crippen LogP) is 3.90. The van der Waals surface area contributed by atoms with E-state index in [1.54, 1.807) is 18.4 Å². The van der Waals surface area contributed by atoms with Crippen molar-refractivity contribution in [1.82, 2.24) is 9.88 Å². The highest BCUT2D eigenvalue weighted by atomic mass is 16.4. The molecule has 1 spiro atoms. The van der Waals surface area contributed by atoms with Gasteiger partial charge in [0, 0.05) is 13.1 Å². The molecule has 0 radical (unpaired) electrons. The number of allylic oxidation sites excluding steroid dienone is 2. The van der Waals surface area contributed by atoms with Crippen molar-refractivity contribution in [2.75, 3.05) is 13.1 Å². The van der Waals surface area contributed by atoms with Crippen molar-refractivity contribution in [2.45, 2.75) is 32.1 Å². The van der Waals surface area contributed by atoms with Gasteiger partial charge in [0.15, 0.2) is 17.8 Å². The summed E-state index contributed by atoms with van der Waals surface area (Å²) in [5.74, 6) is 0.903. The lowest BCUT2D eigenvalue weighted by Gasteiger charge is -2.43. The van der Waals surface area contributed by atoms with Crippen molar-refractivity contribution in [1.29, 1.82) is 0 Å². The van der Waals surface area contributed by atoms with E-state index in [-0.39, 0.29) is 11.3 Å². The molecule has 0 bridgehead atoms. The average molecular weight is 312 g/mol. The Morgan fingerprint density at radius 3 is 3.00 bits per heavy atom. The van der Waals surface area contributed by atoms with Crippen LogP contribution >= 0.6 is 0 Å². The van der Waals surface area contributed by atoms with Crippen LogP contribution in [0.25, 0.3) is 11.5 Å². The molecule has 1 aliphatic carbocycles. The second kappa shape index (κ2) is 5.72. The average Bonchev–Trinajstić information content (AvgIpc) is 3.26. The molecule has 0 saturated carbocycles. The summed E-state index contributed by atoms with van der Waals surface area (Å²) in [6.45, 7) is 1.59. The Morgan fingerprint density at radius 1 is 1.26 bits per heavy atom. The smallest absolute Gasteiger partial charge is 0.276 e. The molecule has 5 heteroatoms. The van der Waals surface area contributed by atoms with Gasteiger partial charge in [0.05, 0.1) is 6.26 Å². The number of carbonyl (C=O) groups is 1. The van der Waals surface area contributed by atoms with E-state index in [1.807, 2.05) is 4.90 Å². The van der Waals surface area contributed by atoms with Gasteiger partial charge < -0.3 is 13.7 Å². The van der Waals surface area contributed by atoms with E-state index in [0.717, 1.165) is 38.8 Å². The number of likely N-dealkylation sites (tertiary alicyclic amines) is 1. The van der Waals surface area contributed by atoms with Crippen molar-refractivity contribution in [2.24, 2.45) is 5.41 Å². The largest absolute Gasteiger partial charge is 0.461 e. The zero-order chi connectivity index (χ0) is 15.7. The Balaban J connectivity index is 1.58. The first-order valence-corrected chi connectivity index (χ1v) is 8.19. The SMILES string of the molecule is O=C(c1ncoc1-c1ccco1)N1CCCC2(CC=CCC2)C1. The summed E-state index contributed by atoms with van der Waals surface area (Å²) in [4.78, 5) is 19.0. The molecule has 1 amide bonds. The topological polar surface area (TPSA) is 59.5 Å². The maximum atomic E-state index is 12.9. The third-order valence-corrected chi connectivity index (χ3v) is 5.02. The highest BCUT2D eigenvalue weighted by molar-refractivity contribution is 5.97. The number of hydrogen-bond donors (Lipinski definition) is 0. The van der Waals surface area contributed by atoms with E-state index in [2.05, 4.69) is 17.1 Å². The van der Waals surface area contributed by atoms with Gasteiger partial charge in [0.25, 0.3) is 5.91 Å². The fourth-order valence-electron chi connectivity index (χ4n) is 3.83. The summed E-state index contributed by atoms with van der Waals surface area (Å²) in [7, 11) is 0. The number of carbonyl (C=O) groups excluding carboxylic acids is 1. The standard InChI is InChI=1S/C18H20N2O3/c21-17(15-16(23-13-19-15)14-6-4-11-22-14)20-10-5-9-18(12-20)7-2-1-3-8-18/h1-2,4,6,11,13H,3,5,7-10,12H2. The number of nitrogens with zero attached hydrogens (tertiary/aromatic N) is 2. The number of amides is 1.